The molecule has 0 aliphatic heterocycles. The average Bonchev–Trinajstić information content (AvgIpc) is 3.16. The van der Waals surface area contributed by atoms with Crippen LogP contribution in [0.15, 0.2) is 41.8 Å². The molecule has 0 aliphatic carbocycles. The van der Waals surface area contributed by atoms with Crippen molar-refractivity contribution in [2.45, 2.75) is 13.8 Å². The molecular weight excluding hydrogens is 452 g/mol. The summed E-state index contributed by atoms with van der Waals surface area (Å²) in [6, 6.07) is 3.38. The maximum Gasteiger partial charge on any atom is 0.233 e. The maximum absolute atomic E-state index is 15.1. The number of nitrogens with two attached hydrogens (primary N) is 1. The monoisotopic (exact) mass is 475 g/mol. The van der Waals surface area contributed by atoms with Crippen molar-refractivity contribution in [3.63, 3.8) is 0 Å². The molecule has 0 bridgehead atoms. The summed E-state index contributed by atoms with van der Waals surface area (Å²) in [4.78, 5) is 24.1. The number of aromatic amines is 1. The zero-order valence-electron chi connectivity index (χ0n) is 18.2. The van der Waals surface area contributed by atoms with Gasteiger partial charge in [0.05, 0.1) is 17.0 Å². The van der Waals surface area contributed by atoms with Crippen LogP contribution in [0.25, 0.3) is 16.6 Å². The lowest BCUT2D eigenvalue weighted by Gasteiger charge is -2.13. The van der Waals surface area contributed by atoms with Gasteiger partial charge in [-0.1, -0.05) is 13.8 Å². The van der Waals surface area contributed by atoms with Gasteiger partial charge in [-0.25, -0.2) is 22.2 Å². The Morgan fingerprint density at radius 1 is 1.33 bits per heavy atom. The van der Waals surface area contributed by atoms with E-state index >= 15 is 4.39 Å². The number of aromatic nitrogens is 2. The molecule has 0 spiro atoms. The van der Waals surface area contributed by atoms with E-state index in [-0.39, 0.29) is 17.2 Å². The molecule has 0 fully saturated rings. The number of hydrogen-bond donors (Lipinski definition) is 3. The second-order valence-corrected chi connectivity index (χ2v) is 9.49. The van der Waals surface area contributed by atoms with E-state index in [1.807, 2.05) is 0 Å². The van der Waals surface area contributed by atoms with Gasteiger partial charge in [0.2, 0.25) is 15.8 Å². The van der Waals surface area contributed by atoms with Gasteiger partial charge in [0.1, 0.15) is 11.5 Å². The molecule has 0 saturated carbocycles. The third kappa shape index (κ3) is 5.08. The first-order valence-electron chi connectivity index (χ1n) is 9.92. The van der Waals surface area contributed by atoms with Crippen LogP contribution in [0, 0.1) is 17.6 Å². The first-order chi connectivity index (χ1) is 15.6. The minimum atomic E-state index is -3.89. The van der Waals surface area contributed by atoms with E-state index in [2.05, 4.69) is 19.7 Å². The Balaban J connectivity index is 2.08. The molecule has 0 amide bonds. The number of allylic oxidation sites excluding steroid dienone is 1. The SMILES string of the molecule is CN=CC(=CN)c1cnc2[nH]cc(C(=O)c3c(F)ccc(NS(=O)(=O)CC(C)C)c3F)c2c1. The number of ketones is 1. The van der Waals surface area contributed by atoms with E-state index in [0.29, 0.717) is 22.2 Å². The summed E-state index contributed by atoms with van der Waals surface area (Å²) in [6.07, 6.45) is 5.62. The van der Waals surface area contributed by atoms with Crippen LogP contribution >= 0.6 is 0 Å². The molecule has 2 heterocycles. The molecule has 4 N–H and O–H groups in total. The zero-order valence-corrected chi connectivity index (χ0v) is 19.0. The summed E-state index contributed by atoms with van der Waals surface area (Å²) in [5.41, 5.74) is 5.60. The van der Waals surface area contributed by atoms with E-state index in [0.717, 1.165) is 12.1 Å². The minimum Gasteiger partial charge on any atom is -0.404 e. The van der Waals surface area contributed by atoms with E-state index in [1.54, 1.807) is 27.0 Å². The van der Waals surface area contributed by atoms with Crippen LogP contribution < -0.4 is 10.5 Å². The normalized spacial score (nSPS) is 12.7. The highest BCUT2D eigenvalue weighted by atomic mass is 32.2. The van der Waals surface area contributed by atoms with Gasteiger partial charge in [-0.05, 0) is 24.1 Å². The highest BCUT2D eigenvalue weighted by molar-refractivity contribution is 7.92. The van der Waals surface area contributed by atoms with Crippen LogP contribution in [0.1, 0.15) is 35.3 Å². The van der Waals surface area contributed by atoms with Gasteiger partial charge in [-0.2, -0.15) is 0 Å². The molecule has 174 valence electrons. The molecule has 11 heteroatoms. The van der Waals surface area contributed by atoms with Crippen molar-refractivity contribution >= 4 is 44.3 Å². The summed E-state index contributed by atoms with van der Waals surface area (Å²) >= 11 is 0. The predicted octanol–water partition coefficient (Wildman–Crippen LogP) is 3.47. The number of sulfonamides is 1. The van der Waals surface area contributed by atoms with Gasteiger partial charge in [-0.3, -0.25) is 14.5 Å². The summed E-state index contributed by atoms with van der Waals surface area (Å²) in [7, 11) is -2.33. The number of rotatable bonds is 8. The van der Waals surface area contributed by atoms with Gasteiger partial charge < -0.3 is 10.7 Å². The zero-order chi connectivity index (χ0) is 24.3. The molecule has 0 atom stereocenters. The first-order valence-corrected chi connectivity index (χ1v) is 11.6. The molecular formula is C22H23F2N5O3S. The van der Waals surface area contributed by atoms with Gasteiger partial charge in [0.25, 0.3) is 0 Å². The number of aliphatic imine (C=N–C) groups is 1. The molecule has 0 aliphatic rings. The number of anilines is 1. The Bertz CT molecular complexity index is 1380. The quantitative estimate of drug-likeness (QED) is 0.339. The minimum absolute atomic E-state index is 0.0378. The molecule has 0 unspecified atom stereocenters. The van der Waals surface area contributed by atoms with Crippen molar-refractivity contribution in [2.75, 3.05) is 17.5 Å². The lowest BCUT2D eigenvalue weighted by atomic mass is 10.00. The van der Waals surface area contributed by atoms with Gasteiger partial charge >= 0.3 is 0 Å². The number of fused-ring (bicyclic) bond motifs is 1. The summed E-state index contributed by atoms with van der Waals surface area (Å²) < 4.78 is 56.3. The average molecular weight is 476 g/mol. The number of carbonyl (C=O) groups is 1. The number of benzene rings is 1. The largest absolute Gasteiger partial charge is 0.404 e. The number of pyridine rings is 1. The number of hydrogen-bond acceptors (Lipinski definition) is 6. The van der Waals surface area contributed by atoms with Crippen molar-refractivity contribution in [1.29, 1.82) is 0 Å². The Hall–Kier alpha value is -3.60. The highest BCUT2D eigenvalue weighted by Gasteiger charge is 2.26. The van der Waals surface area contributed by atoms with E-state index in [9.17, 15) is 17.6 Å². The van der Waals surface area contributed by atoms with Crippen molar-refractivity contribution in [3.8, 4) is 0 Å². The maximum atomic E-state index is 15.1. The van der Waals surface area contributed by atoms with Crippen molar-refractivity contribution in [3.05, 3.63) is 65.1 Å². The van der Waals surface area contributed by atoms with Crippen molar-refractivity contribution in [1.82, 2.24) is 9.97 Å². The fraction of sp³-hybridized carbons (Fsp3) is 0.227. The number of nitrogens with one attached hydrogen (secondary N) is 2. The van der Waals surface area contributed by atoms with Crippen molar-refractivity contribution < 1.29 is 22.0 Å². The van der Waals surface area contributed by atoms with Crippen LogP contribution in [-0.2, 0) is 10.0 Å². The third-order valence-electron chi connectivity index (χ3n) is 4.69. The lowest BCUT2D eigenvalue weighted by Crippen LogP contribution is -2.21. The second kappa shape index (κ2) is 9.49. The van der Waals surface area contributed by atoms with Crippen LogP contribution in [0.3, 0.4) is 0 Å². The second-order valence-electron chi connectivity index (χ2n) is 7.72. The molecule has 0 saturated heterocycles. The topological polar surface area (TPSA) is 130 Å². The molecule has 3 aromatic rings. The smallest absolute Gasteiger partial charge is 0.233 e. The van der Waals surface area contributed by atoms with Crippen LogP contribution in [0.2, 0.25) is 0 Å². The first kappa shape index (κ1) is 24.1. The van der Waals surface area contributed by atoms with E-state index < -0.39 is 38.7 Å². The van der Waals surface area contributed by atoms with E-state index in [4.69, 9.17) is 5.73 Å². The Kier molecular flexibility index (Phi) is 6.92. The van der Waals surface area contributed by atoms with Gasteiger partial charge in [0.15, 0.2) is 5.82 Å². The summed E-state index contributed by atoms with van der Waals surface area (Å²) in [5.74, 6) is -3.87. The Morgan fingerprint density at radius 3 is 2.70 bits per heavy atom. The van der Waals surface area contributed by atoms with Gasteiger partial charge in [-0.15, -0.1) is 0 Å². The fourth-order valence-electron chi connectivity index (χ4n) is 3.32. The van der Waals surface area contributed by atoms with Crippen LogP contribution in [0.4, 0.5) is 14.5 Å². The third-order valence-corrected chi connectivity index (χ3v) is 6.33. The number of carbonyl (C=O) groups excluding carboxylic acids is 1. The Labute approximate surface area is 189 Å². The number of halogens is 2. The van der Waals surface area contributed by atoms with E-state index in [1.165, 1.54) is 24.8 Å². The highest BCUT2D eigenvalue weighted by Crippen LogP contribution is 2.28. The van der Waals surface area contributed by atoms with Crippen LogP contribution in [0.5, 0.6) is 0 Å². The standard InChI is InChI=1S/C22H23F2N5O3S/c1-12(2)11-33(31,32)29-18-5-4-17(23)19(20(18)24)21(30)16-10-28-22-15(16)6-13(9-27-22)14(7-25)8-26-3/h4-10,12,29H,11,25H2,1-3H3,(H,27,28). The lowest BCUT2D eigenvalue weighted by molar-refractivity contribution is 0.103. The molecule has 33 heavy (non-hydrogen) atoms. The Morgan fingerprint density at radius 2 is 2.06 bits per heavy atom. The number of H-pyrrole nitrogens is 1. The van der Waals surface area contributed by atoms with Crippen molar-refractivity contribution in [2.24, 2.45) is 16.6 Å². The molecule has 3 rings (SSSR count). The number of nitrogens with zero attached hydrogens (tertiary/aromatic N) is 2. The summed E-state index contributed by atoms with van der Waals surface area (Å²) in [5, 5.41) is 0.311. The molecule has 0 radical (unpaired) electrons. The van der Waals surface area contributed by atoms with Crippen LogP contribution in [-0.4, -0.2) is 43.2 Å². The molecule has 2 aromatic heterocycles. The molecule has 1 aromatic carbocycles. The predicted molar refractivity (Wildman–Crippen MR) is 125 cm³/mol. The molecule has 8 nitrogen and oxygen atoms in total. The van der Waals surface area contributed by atoms with Gasteiger partial charge in [0, 0.05) is 53.9 Å². The summed E-state index contributed by atoms with van der Waals surface area (Å²) in [6.45, 7) is 3.37. The fourth-order valence-corrected chi connectivity index (χ4v) is 4.78.